The first-order valence-corrected chi connectivity index (χ1v) is 4.99. The van der Waals surface area contributed by atoms with E-state index < -0.39 is 19.4 Å². The van der Waals surface area contributed by atoms with Crippen molar-refractivity contribution >= 4 is 19.4 Å². The Kier molecular flexibility index (Phi) is 3.62. The average Bonchev–Trinajstić information content (AvgIpc) is 1.61. The molecule has 0 fully saturated rings. The maximum Gasteiger partial charge on any atom is 0.260 e. The van der Waals surface area contributed by atoms with Crippen molar-refractivity contribution in [3.63, 3.8) is 0 Å². The topological polar surface area (TPSA) is 86.1 Å². The van der Waals surface area contributed by atoms with Crippen LogP contribution in [-0.4, -0.2) is 17.6 Å². The summed E-state index contributed by atoms with van der Waals surface area (Å²) in [6.45, 7) is 0. The first-order chi connectivity index (χ1) is 3.27. The molecule has 0 bridgehead atoms. The van der Waals surface area contributed by atoms with E-state index in [9.17, 15) is 4.21 Å². The molecule has 0 spiro atoms. The van der Waals surface area contributed by atoms with E-state index >= 15 is 0 Å². The van der Waals surface area contributed by atoms with Gasteiger partial charge in [0.2, 0.25) is 0 Å². The van der Waals surface area contributed by atoms with Crippen LogP contribution in [0.25, 0.3) is 10.4 Å². The normalized spacial score (nSPS) is 13.9. The fourth-order valence-corrected chi connectivity index (χ4v) is 0.677. The molecule has 0 heterocycles. The quantitative estimate of drug-likeness (QED) is 0.183. The molecule has 1 N–H and O–H groups in total. The second kappa shape index (κ2) is 3.81. The second-order valence-corrected chi connectivity index (χ2v) is 4.12. The van der Waals surface area contributed by atoms with Crippen LogP contribution >= 0.6 is 0 Å². The van der Waals surface area contributed by atoms with Crippen LogP contribution < -0.4 is 0 Å². The van der Waals surface area contributed by atoms with Gasteiger partial charge in [-0.2, -0.15) is 0 Å². The van der Waals surface area contributed by atoms with Gasteiger partial charge in [0.1, 0.15) is 10.5 Å². The van der Waals surface area contributed by atoms with Gasteiger partial charge in [-0.25, -0.2) is 4.21 Å². The van der Waals surface area contributed by atoms with Gasteiger partial charge in [-0.1, -0.05) is 0 Å². The third kappa shape index (κ3) is 5.64. The van der Waals surface area contributed by atoms with Crippen molar-refractivity contribution in [2.24, 2.45) is 4.78 Å². The van der Waals surface area contributed by atoms with Gasteiger partial charge < -0.3 is 4.55 Å². The van der Waals surface area contributed by atoms with Gasteiger partial charge in [0, 0.05) is 0 Å². The Bertz CT molecular complexity index is 116. The minimum atomic E-state index is -1.85. The van der Waals surface area contributed by atoms with Crippen LogP contribution in [-0.2, 0) is 10.5 Å². The smallest absolute Gasteiger partial charge is 0.260 e. The minimum Gasteiger partial charge on any atom is -0.312 e. The predicted octanol–water partition coefficient (Wildman–Crippen LogP) is -0.483. The molecule has 40 valence electrons. The SMILES string of the molecule is [N-]=[N+]=N[SiH2]S(=O)O. The van der Waals surface area contributed by atoms with E-state index in [4.69, 9.17) is 10.1 Å². The number of hydrogen-bond donors (Lipinski definition) is 1. The fraction of sp³-hybridized carbons (Fsp3) is 0. The highest BCUT2D eigenvalue weighted by molar-refractivity contribution is 8.05. The third-order valence-corrected chi connectivity index (χ3v) is 1.70. The molecule has 0 aliphatic heterocycles. The summed E-state index contributed by atoms with van der Waals surface area (Å²) in [6.07, 6.45) is 0. The monoisotopic (exact) mass is 137 g/mol. The predicted molar refractivity (Wildman–Crippen MR) is 28.5 cm³/mol. The van der Waals surface area contributed by atoms with Crippen LogP contribution in [0.15, 0.2) is 4.78 Å². The number of nitrogens with zero attached hydrogens (tertiary/aromatic N) is 3. The van der Waals surface area contributed by atoms with E-state index in [1.165, 1.54) is 0 Å². The van der Waals surface area contributed by atoms with Crippen LogP contribution in [0.5, 0.6) is 0 Å². The van der Waals surface area contributed by atoms with Crippen molar-refractivity contribution in [1.29, 1.82) is 0 Å². The Labute approximate surface area is 44.2 Å². The summed E-state index contributed by atoms with van der Waals surface area (Å²) in [5.41, 5.74) is 7.56. The Hall–Kier alpha value is -0.363. The number of azide groups is 1. The molecule has 0 radical (unpaired) electrons. The lowest BCUT2D eigenvalue weighted by Crippen LogP contribution is -1.92. The van der Waals surface area contributed by atoms with Crippen LogP contribution in [0.3, 0.4) is 0 Å². The third-order valence-electron chi connectivity index (χ3n) is 0.231. The van der Waals surface area contributed by atoms with Crippen molar-refractivity contribution in [2.75, 3.05) is 0 Å². The van der Waals surface area contributed by atoms with Crippen LogP contribution in [0.4, 0.5) is 0 Å². The van der Waals surface area contributed by atoms with Crippen molar-refractivity contribution in [1.82, 2.24) is 0 Å². The average molecular weight is 137 g/mol. The molecule has 0 amide bonds. The summed E-state index contributed by atoms with van der Waals surface area (Å²) in [6, 6.07) is 0. The molecule has 0 saturated carbocycles. The number of hydrogen-bond acceptors (Lipinski definition) is 2. The van der Waals surface area contributed by atoms with Crippen LogP contribution in [0, 0.1) is 0 Å². The molecule has 1 atom stereocenters. The largest absolute Gasteiger partial charge is 0.312 e. The fourth-order valence-electron chi connectivity index (χ4n) is 0.0752. The summed E-state index contributed by atoms with van der Waals surface area (Å²) < 4.78 is 20.6. The molecule has 0 saturated heterocycles. The summed E-state index contributed by atoms with van der Waals surface area (Å²) in [7, 11) is -3.26. The van der Waals surface area contributed by atoms with Gasteiger partial charge in [0.15, 0.2) is 0 Å². The maximum atomic E-state index is 9.67. The highest BCUT2D eigenvalue weighted by Gasteiger charge is 1.85. The summed E-state index contributed by atoms with van der Waals surface area (Å²) in [5, 5.41) is 0. The van der Waals surface area contributed by atoms with E-state index in [0.29, 0.717) is 0 Å². The van der Waals surface area contributed by atoms with Crippen LogP contribution in [0.2, 0.25) is 0 Å². The van der Waals surface area contributed by atoms with Gasteiger partial charge in [0.05, 0.1) is 0 Å². The molecule has 0 aliphatic rings. The van der Waals surface area contributed by atoms with Gasteiger partial charge in [0.25, 0.3) is 8.83 Å². The number of rotatable bonds is 2. The Balaban J connectivity index is 3.32. The molecule has 1 unspecified atom stereocenters. The zero-order valence-corrected chi connectivity index (χ0v) is 5.54. The van der Waals surface area contributed by atoms with E-state index in [-0.39, 0.29) is 0 Å². The molecule has 7 heavy (non-hydrogen) atoms. The molecule has 7 heteroatoms. The Morgan fingerprint density at radius 2 is 2.57 bits per heavy atom. The highest BCUT2D eigenvalue weighted by atomic mass is 32.4. The minimum absolute atomic E-state index is 1.42. The lowest BCUT2D eigenvalue weighted by molar-refractivity contribution is 0.579. The van der Waals surface area contributed by atoms with Crippen molar-refractivity contribution in [2.45, 2.75) is 0 Å². The van der Waals surface area contributed by atoms with Crippen LogP contribution in [0.1, 0.15) is 0 Å². The zero-order valence-electron chi connectivity index (χ0n) is 3.31. The van der Waals surface area contributed by atoms with Crippen molar-refractivity contribution in [3.8, 4) is 0 Å². The summed E-state index contributed by atoms with van der Waals surface area (Å²) in [4.78, 5) is 2.31. The summed E-state index contributed by atoms with van der Waals surface area (Å²) >= 11 is 0. The van der Waals surface area contributed by atoms with Gasteiger partial charge in [-0.15, -0.1) is 4.78 Å². The van der Waals surface area contributed by atoms with Crippen molar-refractivity contribution in [3.05, 3.63) is 10.4 Å². The first-order valence-electron chi connectivity index (χ1n) is 1.35. The molecule has 0 rings (SSSR count). The summed E-state index contributed by atoms with van der Waals surface area (Å²) in [5.74, 6) is 0. The zero-order chi connectivity index (χ0) is 5.70. The van der Waals surface area contributed by atoms with E-state index in [1.807, 2.05) is 0 Å². The lowest BCUT2D eigenvalue weighted by atomic mass is 13.0. The molecule has 0 aliphatic carbocycles. The standard InChI is InChI=1S/H3N3O2SSi/c1-2-3-7-6(4)5/h7H2,(H,4,5). The molecular formula is H3N3O2SSi. The molecule has 0 aromatic rings. The Morgan fingerprint density at radius 3 is 2.71 bits per heavy atom. The van der Waals surface area contributed by atoms with Crippen molar-refractivity contribution < 1.29 is 8.76 Å². The molecule has 5 nitrogen and oxygen atoms in total. The Morgan fingerprint density at radius 1 is 2.00 bits per heavy atom. The van der Waals surface area contributed by atoms with Gasteiger partial charge in [-0.05, 0) is 10.4 Å². The van der Waals surface area contributed by atoms with E-state index in [2.05, 4.69) is 9.69 Å². The van der Waals surface area contributed by atoms with E-state index in [1.54, 1.807) is 0 Å². The first kappa shape index (κ1) is 6.64. The van der Waals surface area contributed by atoms with Gasteiger partial charge >= 0.3 is 0 Å². The highest BCUT2D eigenvalue weighted by Crippen LogP contribution is 1.68. The van der Waals surface area contributed by atoms with Gasteiger partial charge in [-0.3, -0.25) is 0 Å². The van der Waals surface area contributed by atoms with E-state index in [0.717, 1.165) is 0 Å². The molecular weight excluding hydrogens is 134 g/mol. The molecule has 0 aromatic carbocycles. The maximum absolute atomic E-state index is 9.67. The second-order valence-electron chi connectivity index (χ2n) is 0.681. The lowest BCUT2D eigenvalue weighted by Gasteiger charge is -1.74. The molecule has 0 aromatic heterocycles.